The van der Waals surface area contributed by atoms with E-state index in [9.17, 15) is 4.79 Å². The Balaban J connectivity index is 1.52. The first-order valence-corrected chi connectivity index (χ1v) is 8.61. The largest absolute Gasteiger partial charge is 0.493 e. The number of carbonyl (C=O) groups excluding carboxylic acids is 1. The molecule has 1 aliphatic heterocycles. The van der Waals surface area contributed by atoms with Crippen molar-refractivity contribution < 1.29 is 14.3 Å². The number of hydrogen-bond donors (Lipinski definition) is 3. The molecule has 2 aromatic rings. The quantitative estimate of drug-likeness (QED) is 0.695. The van der Waals surface area contributed by atoms with Crippen LogP contribution in [-0.2, 0) is 11.2 Å². The van der Waals surface area contributed by atoms with Crippen molar-refractivity contribution in [2.75, 3.05) is 20.8 Å². The summed E-state index contributed by atoms with van der Waals surface area (Å²) in [5, 5.41) is 2.98. The SMILES string of the molecule is COc1ccc(C2CC(C(=O)NCCc3ccncc3)NN2)cc1OC. The Morgan fingerprint density at radius 1 is 1.15 bits per heavy atom. The summed E-state index contributed by atoms with van der Waals surface area (Å²) in [4.78, 5) is 16.4. The van der Waals surface area contributed by atoms with E-state index in [4.69, 9.17) is 9.47 Å². The van der Waals surface area contributed by atoms with Crippen LogP contribution < -0.4 is 25.6 Å². The molecule has 26 heavy (non-hydrogen) atoms. The van der Waals surface area contributed by atoms with Gasteiger partial charge in [-0.2, -0.15) is 0 Å². The Labute approximate surface area is 153 Å². The Hall–Kier alpha value is -2.64. The molecule has 0 saturated carbocycles. The second-order valence-electron chi connectivity index (χ2n) is 6.14. The topological polar surface area (TPSA) is 84.5 Å². The number of nitrogens with one attached hydrogen (secondary N) is 3. The van der Waals surface area contributed by atoms with Crippen LogP contribution in [0.1, 0.15) is 23.6 Å². The molecule has 3 N–H and O–H groups in total. The van der Waals surface area contributed by atoms with Crippen molar-refractivity contribution in [3.05, 3.63) is 53.9 Å². The van der Waals surface area contributed by atoms with Crippen LogP contribution in [-0.4, -0.2) is 37.7 Å². The summed E-state index contributed by atoms with van der Waals surface area (Å²) in [5.74, 6) is 1.36. The van der Waals surface area contributed by atoms with E-state index in [0.29, 0.717) is 24.5 Å². The first-order valence-electron chi connectivity index (χ1n) is 8.61. The molecule has 1 aromatic carbocycles. The lowest BCUT2D eigenvalue weighted by Gasteiger charge is -2.13. The number of rotatable bonds is 7. The Bertz CT molecular complexity index is 739. The van der Waals surface area contributed by atoms with Crippen molar-refractivity contribution in [3.63, 3.8) is 0 Å². The van der Waals surface area contributed by atoms with Gasteiger partial charge >= 0.3 is 0 Å². The van der Waals surface area contributed by atoms with Crippen LogP contribution in [0.5, 0.6) is 11.5 Å². The molecule has 2 heterocycles. The number of hydrazine groups is 1. The van der Waals surface area contributed by atoms with E-state index in [-0.39, 0.29) is 18.0 Å². The predicted molar refractivity (Wildman–Crippen MR) is 97.9 cm³/mol. The molecule has 0 radical (unpaired) electrons. The summed E-state index contributed by atoms with van der Waals surface area (Å²) in [6.45, 7) is 0.599. The van der Waals surface area contributed by atoms with E-state index in [2.05, 4.69) is 21.2 Å². The molecule has 138 valence electrons. The fourth-order valence-electron chi connectivity index (χ4n) is 3.02. The van der Waals surface area contributed by atoms with Crippen molar-refractivity contribution in [1.82, 2.24) is 21.2 Å². The predicted octanol–water partition coefficient (Wildman–Crippen LogP) is 1.37. The van der Waals surface area contributed by atoms with Crippen LogP contribution in [0.2, 0.25) is 0 Å². The molecule has 1 amide bonds. The standard InChI is InChI=1S/C19H24N4O3/c1-25-17-4-3-14(11-18(17)26-2)15-12-16(23-22-15)19(24)21-10-7-13-5-8-20-9-6-13/h3-6,8-9,11,15-16,22-23H,7,10,12H2,1-2H3,(H,21,24). The second kappa shape index (κ2) is 8.64. The Morgan fingerprint density at radius 2 is 1.92 bits per heavy atom. The average Bonchev–Trinajstić information content (AvgIpc) is 3.18. The zero-order chi connectivity index (χ0) is 18.4. The number of ether oxygens (including phenoxy) is 2. The average molecular weight is 356 g/mol. The lowest BCUT2D eigenvalue weighted by molar-refractivity contribution is -0.122. The molecule has 7 heteroatoms. The van der Waals surface area contributed by atoms with Crippen molar-refractivity contribution in [2.24, 2.45) is 0 Å². The summed E-state index contributed by atoms with van der Waals surface area (Å²) in [5.41, 5.74) is 8.46. The molecule has 7 nitrogen and oxygen atoms in total. The molecule has 1 saturated heterocycles. The number of amides is 1. The van der Waals surface area contributed by atoms with Gasteiger partial charge in [-0.05, 0) is 48.2 Å². The number of pyridine rings is 1. The van der Waals surface area contributed by atoms with E-state index in [1.807, 2.05) is 30.3 Å². The van der Waals surface area contributed by atoms with Crippen molar-refractivity contribution in [2.45, 2.75) is 24.9 Å². The van der Waals surface area contributed by atoms with Gasteiger partial charge < -0.3 is 14.8 Å². The van der Waals surface area contributed by atoms with Gasteiger partial charge in [0.2, 0.25) is 5.91 Å². The monoisotopic (exact) mass is 356 g/mol. The van der Waals surface area contributed by atoms with Crippen LogP contribution in [0, 0.1) is 0 Å². The van der Waals surface area contributed by atoms with Gasteiger partial charge in [0.05, 0.1) is 14.2 Å². The van der Waals surface area contributed by atoms with E-state index < -0.39 is 0 Å². The number of benzene rings is 1. The fourth-order valence-corrected chi connectivity index (χ4v) is 3.02. The van der Waals surface area contributed by atoms with Gasteiger partial charge in [0, 0.05) is 25.0 Å². The molecular formula is C19H24N4O3. The zero-order valence-corrected chi connectivity index (χ0v) is 15.0. The summed E-state index contributed by atoms with van der Waals surface area (Å²) in [6, 6.07) is 9.45. The van der Waals surface area contributed by atoms with Gasteiger partial charge in [0.1, 0.15) is 6.04 Å². The molecular weight excluding hydrogens is 332 g/mol. The lowest BCUT2D eigenvalue weighted by Crippen LogP contribution is -2.43. The summed E-state index contributed by atoms with van der Waals surface area (Å²) < 4.78 is 10.6. The number of hydrogen-bond acceptors (Lipinski definition) is 6. The highest BCUT2D eigenvalue weighted by Crippen LogP contribution is 2.32. The van der Waals surface area contributed by atoms with Gasteiger partial charge in [-0.3, -0.25) is 9.78 Å². The number of nitrogens with zero attached hydrogens (tertiary/aromatic N) is 1. The van der Waals surface area contributed by atoms with E-state index >= 15 is 0 Å². The van der Waals surface area contributed by atoms with E-state index in [0.717, 1.165) is 17.5 Å². The minimum absolute atomic E-state index is 0.00506. The van der Waals surface area contributed by atoms with Crippen LogP contribution in [0.4, 0.5) is 0 Å². The molecule has 0 spiro atoms. The highest BCUT2D eigenvalue weighted by atomic mass is 16.5. The number of carbonyl (C=O) groups is 1. The number of methoxy groups -OCH3 is 2. The molecule has 3 rings (SSSR count). The molecule has 0 bridgehead atoms. The molecule has 2 unspecified atom stereocenters. The van der Waals surface area contributed by atoms with Gasteiger partial charge in [-0.1, -0.05) is 6.07 Å². The van der Waals surface area contributed by atoms with Gasteiger partial charge in [0.25, 0.3) is 0 Å². The maximum atomic E-state index is 12.4. The lowest BCUT2D eigenvalue weighted by atomic mass is 10.0. The second-order valence-corrected chi connectivity index (χ2v) is 6.14. The minimum atomic E-state index is -0.273. The minimum Gasteiger partial charge on any atom is -0.493 e. The third kappa shape index (κ3) is 4.30. The normalized spacial score (nSPS) is 19.2. The Kier molecular flexibility index (Phi) is 6.04. The fraction of sp³-hybridized carbons (Fsp3) is 0.368. The van der Waals surface area contributed by atoms with E-state index in [1.54, 1.807) is 26.6 Å². The van der Waals surface area contributed by atoms with Crippen molar-refractivity contribution in [3.8, 4) is 11.5 Å². The van der Waals surface area contributed by atoms with Gasteiger partial charge in [-0.15, -0.1) is 0 Å². The smallest absolute Gasteiger partial charge is 0.238 e. The highest BCUT2D eigenvalue weighted by Gasteiger charge is 2.30. The third-order valence-corrected chi connectivity index (χ3v) is 4.49. The molecule has 0 aliphatic carbocycles. The Morgan fingerprint density at radius 3 is 2.65 bits per heavy atom. The van der Waals surface area contributed by atoms with Crippen molar-refractivity contribution >= 4 is 5.91 Å². The third-order valence-electron chi connectivity index (χ3n) is 4.49. The van der Waals surface area contributed by atoms with Crippen molar-refractivity contribution in [1.29, 1.82) is 0 Å². The van der Waals surface area contributed by atoms with Gasteiger partial charge in [0.15, 0.2) is 11.5 Å². The van der Waals surface area contributed by atoms with Crippen LogP contribution in [0.3, 0.4) is 0 Å². The maximum absolute atomic E-state index is 12.4. The first-order chi connectivity index (χ1) is 12.7. The summed E-state index contributed by atoms with van der Waals surface area (Å²) in [6.07, 6.45) is 4.96. The first kappa shape index (κ1) is 18.2. The van der Waals surface area contributed by atoms with Gasteiger partial charge in [-0.25, -0.2) is 10.9 Å². The maximum Gasteiger partial charge on any atom is 0.238 e. The molecule has 1 fully saturated rings. The van der Waals surface area contributed by atoms with Crippen LogP contribution in [0.15, 0.2) is 42.7 Å². The van der Waals surface area contributed by atoms with E-state index in [1.165, 1.54) is 0 Å². The zero-order valence-electron chi connectivity index (χ0n) is 15.0. The molecule has 1 aliphatic rings. The highest BCUT2D eigenvalue weighted by molar-refractivity contribution is 5.82. The summed E-state index contributed by atoms with van der Waals surface area (Å²) in [7, 11) is 3.22. The van der Waals surface area contributed by atoms with Crippen LogP contribution >= 0.6 is 0 Å². The molecule has 2 atom stereocenters. The van der Waals surface area contributed by atoms with Crippen LogP contribution in [0.25, 0.3) is 0 Å². The molecule has 1 aromatic heterocycles. The summed E-state index contributed by atoms with van der Waals surface area (Å²) >= 11 is 0. The number of aromatic nitrogens is 1.